The third-order valence-corrected chi connectivity index (χ3v) is 15.1. The summed E-state index contributed by atoms with van der Waals surface area (Å²) < 4.78 is 11.2. The van der Waals surface area contributed by atoms with E-state index in [2.05, 4.69) is 77.4 Å². The maximum Gasteiger partial charge on any atom is 0.350 e. The summed E-state index contributed by atoms with van der Waals surface area (Å²) in [7, 11) is 9.98. The zero-order valence-electron chi connectivity index (χ0n) is 56.1. The van der Waals surface area contributed by atoms with Crippen LogP contribution in [0.3, 0.4) is 0 Å². The summed E-state index contributed by atoms with van der Waals surface area (Å²) in [5.74, 6) is -2.14. The minimum Gasteiger partial charge on any atom is -0.465 e. The van der Waals surface area contributed by atoms with E-state index in [0.717, 1.165) is 57.1 Å². The number of rotatable bonds is 17. The molecule has 0 spiro atoms. The predicted octanol–water partition coefficient (Wildman–Crippen LogP) is 19.3. The van der Waals surface area contributed by atoms with Gasteiger partial charge in [0.2, 0.25) is 11.8 Å². The smallest absolute Gasteiger partial charge is 0.350 e. The number of ether oxygens (including phenoxy) is 2. The number of esters is 2. The average molecular weight is 1640 g/mol. The Balaban J connectivity index is -0.0000000751. The zero-order chi connectivity index (χ0) is 73.1. The highest BCUT2D eigenvalue weighted by Gasteiger charge is 2.26. The van der Waals surface area contributed by atoms with Crippen LogP contribution in [0.5, 0.6) is 0 Å². The molecule has 8 heterocycles. The third-order valence-electron chi connectivity index (χ3n) is 12.6. The molecule has 1 aliphatic heterocycles. The number of H-pyrrole nitrogens is 1. The summed E-state index contributed by atoms with van der Waals surface area (Å²) in [6.45, 7) is 39.7. The number of hydrogen-bond acceptors (Lipinski definition) is 25. The molecule has 2 amide bonds. The Hall–Kier alpha value is -11.9. The molecule has 33 heteroatoms. The summed E-state index contributed by atoms with van der Waals surface area (Å²) in [5, 5.41) is 31.3. The molecule has 0 atom stereocenters. The number of halogens is 1. The first-order valence-electron chi connectivity index (χ1n) is 29.2. The molecule has 11 N–H and O–H groups in total. The molecule has 0 saturated heterocycles. The molecular weight excluding hydrogens is 1500 g/mol. The summed E-state index contributed by atoms with van der Waals surface area (Å²) >= 11 is 8.26. The predicted molar refractivity (Wildman–Crippen MR) is 491 cm³/mol. The van der Waals surface area contributed by atoms with Gasteiger partial charge in [-0.15, -0.1) is 22.7 Å². The fourth-order valence-corrected chi connectivity index (χ4v) is 10.1. The van der Waals surface area contributed by atoms with E-state index < -0.39 is 23.3 Å². The molecule has 0 aliphatic carbocycles. The molecule has 8 rings (SSSR count). The highest BCUT2D eigenvalue weighted by molar-refractivity contribution is 7.21. The van der Waals surface area contributed by atoms with Crippen molar-refractivity contribution in [3.8, 4) is 12.1 Å². The third kappa shape index (κ3) is 39.0. The van der Waals surface area contributed by atoms with Crippen LogP contribution < -0.4 is 54.5 Å². The van der Waals surface area contributed by atoms with E-state index in [9.17, 15) is 28.8 Å². The van der Waals surface area contributed by atoms with E-state index in [-0.39, 0.29) is 158 Å². The van der Waals surface area contributed by atoms with Crippen LogP contribution in [0.4, 0.5) is 39.8 Å². The highest BCUT2D eigenvalue weighted by atomic mass is 35.5. The number of nitriles is 2. The van der Waals surface area contributed by atoms with Crippen LogP contribution in [0.1, 0.15) is 210 Å². The van der Waals surface area contributed by atoms with Crippen molar-refractivity contribution in [1.29, 1.82) is 10.5 Å². The molecule has 638 valence electrons. The van der Waals surface area contributed by atoms with Gasteiger partial charge in [0.25, 0.3) is 28.2 Å². The number of nitrogens with zero attached hydrogens (tertiary/aromatic N) is 14. The van der Waals surface area contributed by atoms with Gasteiger partial charge >= 0.3 is 11.9 Å². The summed E-state index contributed by atoms with van der Waals surface area (Å²) in [5.41, 5.74) is 21.7. The van der Waals surface area contributed by atoms with Crippen molar-refractivity contribution in [2.75, 3.05) is 102 Å². The van der Waals surface area contributed by atoms with E-state index >= 15 is 0 Å². The van der Waals surface area contributed by atoms with Crippen LogP contribution in [0.2, 0.25) is 5.15 Å². The minimum atomic E-state index is -0.682. The van der Waals surface area contributed by atoms with Crippen LogP contribution in [0.15, 0.2) is 98.9 Å². The van der Waals surface area contributed by atoms with E-state index in [1.807, 2.05) is 82.8 Å². The molecule has 0 saturated carbocycles. The Bertz CT molecular complexity index is 4390. The van der Waals surface area contributed by atoms with Crippen LogP contribution in [-0.4, -0.2) is 145 Å². The first-order valence-corrected chi connectivity index (χ1v) is 31.2. The maximum atomic E-state index is 11.7. The Morgan fingerprint density at radius 2 is 1.11 bits per heavy atom. The Morgan fingerprint density at radius 1 is 0.646 bits per heavy atom. The van der Waals surface area contributed by atoms with E-state index in [1.165, 1.54) is 49.4 Å². The number of nitrogens with two attached hydrogens (primary N) is 3. The zero-order valence-corrected chi connectivity index (χ0v) is 58.5. The number of anilines is 5. The number of aliphatic imine (C=N–C) groups is 1. The van der Waals surface area contributed by atoms with Gasteiger partial charge in [0.1, 0.15) is 53.5 Å². The van der Waals surface area contributed by atoms with Gasteiger partial charge in [-0.3, -0.25) is 19.2 Å². The number of carbonyl (C=O) groups excluding carboxylic acids is 4. The fourth-order valence-electron chi connectivity index (χ4n) is 7.90. The number of thiophene rings is 2. The van der Waals surface area contributed by atoms with Crippen LogP contribution in [0, 0.1) is 42.4 Å². The van der Waals surface area contributed by atoms with Gasteiger partial charge in [-0.1, -0.05) is 130 Å². The van der Waals surface area contributed by atoms with Crippen molar-refractivity contribution in [1.82, 2.24) is 44.6 Å². The number of allylic oxidation sites excluding steroid dienone is 2. The molecule has 0 bridgehead atoms. The second-order valence-corrected chi connectivity index (χ2v) is 21.7. The number of fused-ring (bicyclic) bond motifs is 1. The number of carbonyl (C=O) groups is 4. The molecular formula is C80H141ClN22O8S2. The number of primary amides is 2. The Labute approximate surface area is 692 Å². The molecule has 0 radical (unpaired) electrons. The molecule has 113 heavy (non-hydrogen) atoms. The Morgan fingerprint density at radius 3 is 1.53 bits per heavy atom. The number of nitrogen functional groups attached to an aromatic ring is 1. The van der Waals surface area contributed by atoms with Gasteiger partial charge in [-0.05, 0) is 91.9 Å². The summed E-state index contributed by atoms with van der Waals surface area (Å²) in [6, 6.07) is 11.0. The number of methoxy groups -OCH3 is 2. The molecule has 30 nitrogen and oxygen atoms in total. The number of hydrogen-bond donors (Lipinski definition) is 8. The Kier molecular flexibility index (Phi) is 85.3. The molecule has 7 aromatic rings. The first-order chi connectivity index (χ1) is 46.3. The SMILES string of the molecule is C.C.C.C.C.C.C.C.C.C.C.C.C.C.C.C.CCN1C=Nc2c(C(=O)OC)sc3nccc1c23.CCNc1cc[nH]c(=O)c1C#N.CCNc1ccnc(Cl)c1C#N.CCNc1ccnc2sc(C(=O)OC)c(N)c12.[C-]#[N+]/C(C(N)=O)=C(\C)N(C)C.[C-]#[N+]/C(C(N)=O)=C(\C)NCC.[C-]#[N+]c1c(/C=C/N(C)C)n(CC)cnc1=O. The van der Waals surface area contributed by atoms with Crippen molar-refractivity contribution in [3.63, 3.8) is 0 Å². The molecule has 7 aromatic heterocycles. The molecule has 0 aromatic carbocycles. The minimum absolute atomic E-state index is 0. The second kappa shape index (κ2) is 70.5. The molecule has 1 aliphatic rings. The topological polar surface area (TPSA) is 402 Å². The van der Waals surface area contributed by atoms with Gasteiger partial charge < -0.3 is 72.2 Å². The quantitative estimate of drug-likeness (QED) is 0.0182. The van der Waals surface area contributed by atoms with Crippen molar-refractivity contribution >= 4 is 131 Å². The largest absolute Gasteiger partial charge is 0.465 e. The summed E-state index contributed by atoms with van der Waals surface area (Å²) in [4.78, 5) is 107. The van der Waals surface area contributed by atoms with Gasteiger partial charge in [-0.2, -0.15) is 10.5 Å². The van der Waals surface area contributed by atoms with Crippen LogP contribution >= 0.6 is 34.3 Å². The van der Waals surface area contributed by atoms with E-state index in [0.29, 0.717) is 69.1 Å². The molecule has 0 unspecified atom stereocenters. The van der Waals surface area contributed by atoms with Crippen LogP contribution in [-0.2, 0) is 25.6 Å². The van der Waals surface area contributed by atoms with E-state index in [1.54, 1.807) is 86.7 Å². The fraction of sp³-hybridized carbons (Fsp3) is 0.450. The van der Waals surface area contributed by atoms with Gasteiger partial charge in [-0.25, -0.2) is 49.1 Å². The number of aromatic amines is 1. The van der Waals surface area contributed by atoms with Gasteiger partial charge in [0.15, 0.2) is 0 Å². The van der Waals surface area contributed by atoms with Crippen molar-refractivity contribution in [2.45, 2.75) is 181 Å². The lowest BCUT2D eigenvalue weighted by Crippen LogP contribution is -2.22. The number of amides is 2. The number of aromatic nitrogens is 6. The summed E-state index contributed by atoms with van der Waals surface area (Å²) in [6.07, 6.45) is 13.3. The lowest BCUT2D eigenvalue weighted by molar-refractivity contribution is -0.115. The van der Waals surface area contributed by atoms with Crippen molar-refractivity contribution in [3.05, 3.63) is 171 Å². The lowest BCUT2D eigenvalue weighted by Gasteiger charge is -2.21. The first kappa shape index (κ1) is 137. The van der Waals surface area contributed by atoms with E-state index in [4.69, 9.17) is 63.8 Å². The van der Waals surface area contributed by atoms with Crippen molar-refractivity contribution < 1.29 is 28.7 Å². The van der Waals surface area contributed by atoms with Crippen LogP contribution in [0.25, 0.3) is 41.0 Å². The van der Waals surface area contributed by atoms with Crippen molar-refractivity contribution in [2.24, 2.45) is 16.5 Å². The van der Waals surface area contributed by atoms with Gasteiger partial charge in [0.05, 0.1) is 85.8 Å². The molecule has 0 fully saturated rings. The van der Waals surface area contributed by atoms with Gasteiger partial charge in [0, 0.05) is 109 Å². The number of nitrogens with one attached hydrogen (secondary N) is 5. The standard InChI is InChI=1S/C12H11N3O2S.C11H14N4O.C11H13N3O2S.C8H8ClN3.C8H9N3O.2C7H11N3O.16CH4/c1-3-15-6-14-9-8-7(15)4-5-13-11(8)18-10(9)12(16)17-2;1-5-15-8-13-11(16)10(12-2)9(15)6-7-14(3)4;1-3-13-6-4-5-14-10-7(6)8(12)9(17-10)11(15)16-2;1-2-11-7-3-4-12-8(9)6(7)5-10;1-2-10-7-3-4-11-8(12)6(7)5-9;1-5(10(3)4)6(9-2)7(8)11;1-4-10-5(2)6(9-3)7(8)11;;;;;;;;;;;;;;;;/h4-6H,3H2,1-2H3;6-8H,5H2,1,3-4H3;4-5H,3,12H2,1-2H3,(H,13,14);3-4H,2H2,1H3,(H,11,12);3-4H,2H2,1H3,(H2,10,11,12);1,3-4H3,(H2,8,11);10H,4H2,1-2H3,(H2,8,11);16*1H4/b;7-6+;;;;2*6-5+;;;;;;;;;;;;;;;;. The number of pyridine rings is 4. The number of aryl methyl sites for hydroxylation is 1. The highest BCUT2D eigenvalue weighted by Crippen LogP contribution is 2.44. The average Bonchev–Trinajstić information content (AvgIpc) is 1.61. The second-order valence-electron chi connectivity index (χ2n) is 19.4. The normalized spacial score (nSPS) is 9.27. The monoisotopic (exact) mass is 1640 g/mol. The maximum absolute atomic E-state index is 11.7. The lowest BCUT2D eigenvalue weighted by atomic mass is 10.2.